The van der Waals surface area contributed by atoms with E-state index in [-0.39, 0.29) is 0 Å². The Balaban J connectivity index is 1.37. The summed E-state index contributed by atoms with van der Waals surface area (Å²) in [5.41, 5.74) is 10.6. The Hall–Kier alpha value is -1.22. The smallest absolute Gasteiger partial charge is 0.00258 e. The van der Waals surface area contributed by atoms with Crippen LogP contribution in [0.5, 0.6) is 0 Å². The van der Waals surface area contributed by atoms with Gasteiger partial charge in [-0.2, -0.15) is 0 Å². The molecule has 3 aromatic rings. The second-order valence-corrected chi connectivity index (χ2v) is 14.7. The Kier molecular flexibility index (Phi) is 6.96. The van der Waals surface area contributed by atoms with Gasteiger partial charge in [0, 0.05) is 10.6 Å². The van der Waals surface area contributed by atoms with Crippen LogP contribution in [0.2, 0.25) is 0 Å². The van der Waals surface area contributed by atoms with Crippen LogP contribution >= 0.6 is 16.4 Å². The molecule has 1 aromatic carbocycles. The molecule has 0 radical (unpaired) electrons. The maximum Gasteiger partial charge on any atom is 0.00258 e. The molecule has 0 N–H and O–H groups in total. The summed E-state index contributed by atoms with van der Waals surface area (Å²) in [6, 6.07) is 9.73. The van der Waals surface area contributed by atoms with Crippen LogP contribution in [0, 0.1) is 0 Å². The quantitative estimate of drug-likeness (QED) is 0.307. The van der Waals surface area contributed by atoms with Gasteiger partial charge in [-0.3, -0.25) is 0 Å². The highest BCUT2D eigenvalue weighted by atomic mass is 31.0. The number of rotatable bonds is 6. The SMILES string of the molecule is c1ccc(-c2[pH]cc(C3CCCC3)c2C2CCCC2)c(-c2[pH]cc(C3CCCC3)c2C2CCCC2)c1. The van der Waals surface area contributed by atoms with E-state index < -0.39 is 0 Å². The zero-order valence-corrected chi connectivity index (χ0v) is 24.1. The van der Waals surface area contributed by atoms with E-state index in [1.165, 1.54) is 103 Å². The van der Waals surface area contributed by atoms with E-state index in [4.69, 9.17) is 0 Å². The Morgan fingerprint density at radius 1 is 0.444 bits per heavy atom. The van der Waals surface area contributed by atoms with Gasteiger partial charge in [-0.1, -0.05) is 75.6 Å². The number of benzene rings is 1. The van der Waals surface area contributed by atoms with Crippen LogP contribution in [0.25, 0.3) is 21.7 Å². The first kappa shape index (κ1) is 23.9. The minimum absolute atomic E-state index is 0.830. The van der Waals surface area contributed by atoms with Crippen molar-refractivity contribution in [3.05, 3.63) is 58.1 Å². The van der Waals surface area contributed by atoms with Gasteiger partial charge in [0.1, 0.15) is 0 Å². The van der Waals surface area contributed by atoms with E-state index in [0.717, 1.165) is 40.1 Å². The molecule has 0 bridgehead atoms. The minimum Gasteiger partial charge on any atom is -0.131 e. The zero-order valence-electron chi connectivity index (χ0n) is 22.1. The highest BCUT2D eigenvalue weighted by Crippen LogP contribution is 2.56. The van der Waals surface area contributed by atoms with Crippen molar-refractivity contribution in [1.82, 2.24) is 0 Å². The monoisotopic (exact) mass is 514 g/mol. The fourth-order valence-electron chi connectivity index (χ4n) is 8.72. The molecule has 2 unspecified atom stereocenters. The average Bonchev–Trinajstić information content (AvgIpc) is 3.72. The molecule has 2 heterocycles. The summed E-state index contributed by atoms with van der Waals surface area (Å²) >= 11 is 0. The second kappa shape index (κ2) is 10.5. The molecule has 0 nitrogen and oxygen atoms in total. The molecular weight excluding hydrogens is 470 g/mol. The van der Waals surface area contributed by atoms with Crippen molar-refractivity contribution in [3.8, 4) is 21.7 Å². The number of hydrogen-bond donors (Lipinski definition) is 0. The lowest BCUT2D eigenvalue weighted by Gasteiger charge is -2.22. The predicted molar refractivity (Wildman–Crippen MR) is 161 cm³/mol. The van der Waals surface area contributed by atoms with Gasteiger partial charge in [-0.15, -0.1) is 16.4 Å². The Labute approximate surface area is 222 Å². The van der Waals surface area contributed by atoms with E-state index in [9.17, 15) is 0 Å². The van der Waals surface area contributed by atoms with E-state index in [1.807, 2.05) is 22.3 Å². The summed E-state index contributed by atoms with van der Waals surface area (Å²) in [5, 5.41) is 3.52. The van der Waals surface area contributed by atoms with Gasteiger partial charge in [-0.25, -0.2) is 0 Å². The van der Waals surface area contributed by atoms with Gasteiger partial charge < -0.3 is 0 Å². The fraction of sp³-hybridized carbons (Fsp3) is 0.588. The summed E-state index contributed by atoms with van der Waals surface area (Å²) < 4.78 is 0. The minimum atomic E-state index is 0.830. The van der Waals surface area contributed by atoms with Crippen molar-refractivity contribution < 1.29 is 0 Å². The Morgan fingerprint density at radius 3 is 1.14 bits per heavy atom. The molecule has 0 aliphatic heterocycles. The third kappa shape index (κ3) is 4.30. The lowest BCUT2D eigenvalue weighted by molar-refractivity contribution is 0.670. The van der Waals surface area contributed by atoms with Crippen LogP contribution < -0.4 is 0 Å². The van der Waals surface area contributed by atoms with E-state index in [1.54, 1.807) is 21.7 Å². The maximum absolute atomic E-state index is 2.72. The highest BCUT2D eigenvalue weighted by Gasteiger charge is 2.32. The molecule has 2 heteroatoms. The van der Waals surface area contributed by atoms with Crippen LogP contribution in [-0.2, 0) is 0 Å². The molecule has 0 spiro atoms. The Morgan fingerprint density at radius 2 is 0.778 bits per heavy atom. The fourth-order valence-corrected chi connectivity index (χ4v) is 11.9. The summed E-state index contributed by atoms with van der Waals surface area (Å²) in [7, 11) is 1.77. The van der Waals surface area contributed by atoms with Crippen molar-refractivity contribution in [2.45, 2.75) is 126 Å². The predicted octanol–water partition coefficient (Wildman–Crippen LogP) is 11.7. The molecule has 4 fully saturated rings. The van der Waals surface area contributed by atoms with Crippen molar-refractivity contribution in [3.63, 3.8) is 0 Å². The van der Waals surface area contributed by atoms with E-state index in [2.05, 4.69) is 35.9 Å². The normalized spacial score (nSPS) is 22.9. The third-order valence-corrected chi connectivity index (χ3v) is 13.1. The third-order valence-electron chi connectivity index (χ3n) is 10.5. The van der Waals surface area contributed by atoms with Crippen molar-refractivity contribution >= 4 is 16.4 Å². The zero-order chi connectivity index (χ0) is 23.9. The molecule has 0 amide bonds. The average molecular weight is 515 g/mol. The van der Waals surface area contributed by atoms with Gasteiger partial charge >= 0.3 is 0 Å². The first-order valence-electron chi connectivity index (χ1n) is 15.4. The molecule has 190 valence electrons. The molecule has 2 aromatic heterocycles. The lowest BCUT2D eigenvalue weighted by Crippen LogP contribution is -2.03. The largest absolute Gasteiger partial charge is 0.131 e. The molecule has 7 rings (SSSR count). The number of hydrogen-bond acceptors (Lipinski definition) is 0. The van der Waals surface area contributed by atoms with Crippen molar-refractivity contribution in [1.29, 1.82) is 0 Å². The van der Waals surface area contributed by atoms with Crippen LogP contribution in [0.4, 0.5) is 0 Å². The standard InChI is InChI=1S/C34H44P2/c1-2-12-23(11-1)29-21-35-33(31(29)25-15-5-6-16-25)27-19-9-10-20-28(27)34-32(26-17-7-8-18-26)30(22-36-34)24-13-3-4-14-24/h9-10,19-26,35-36H,1-8,11-18H2. The van der Waals surface area contributed by atoms with Crippen LogP contribution in [0.1, 0.15) is 149 Å². The van der Waals surface area contributed by atoms with Crippen LogP contribution in [0.15, 0.2) is 35.9 Å². The molecule has 4 aliphatic rings. The van der Waals surface area contributed by atoms with Gasteiger partial charge in [0.05, 0.1) is 0 Å². The van der Waals surface area contributed by atoms with E-state index >= 15 is 0 Å². The molecule has 0 saturated heterocycles. The molecule has 36 heavy (non-hydrogen) atoms. The Bertz CT molecular complexity index is 1080. The summed E-state index contributed by atoms with van der Waals surface area (Å²) in [6.45, 7) is 0. The van der Waals surface area contributed by atoms with Crippen LogP contribution in [-0.4, -0.2) is 0 Å². The van der Waals surface area contributed by atoms with Crippen molar-refractivity contribution in [2.24, 2.45) is 0 Å². The second-order valence-electron chi connectivity index (χ2n) is 12.5. The molecule has 4 saturated carbocycles. The first-order valence-corrected chi connectivity index (χ1v) is 17.6. The molecule has 2 atom stereocenters. The first-order chi connectivity index (χ1) is 17.9. The maximum atomic E-state index is 2.72. The summed E-state index contributed by atoms with van der Waals surface area (Å²) in [5.74, 6) is 8.82. The van der Waals surface area contributed by atoms with Gasteiger partial charge in [0.25, 0.3) is 0 Å². The molecule has 4 aliphatic carbocycles. The summed E-state index contributed by atoms with van der Waals surface area (Å²) in [6.07, 6.45) is 23.0. The van der Waals surface area contributed by atoms with Gasteiger partial charge in [0.2, 0.25) is 0 Å². The van der Waals surface area contributed by atoms with Gasteiger partial charge in [-0.05, 0) is 120 Å². The van der Waals surface area contributed by atoms with Crippen molar-refractivity contribution in [2.75, 3.05) is 0 Å². The summed E-state index contributed by atoms with van der Waals surface area (Å²) in [4.78, 5) is 0. The lowest BCUT2D eigenvalue weighted by atomic mass is 9.83. The van der Waals surface area contributed by atoms with E-state index in [0.29, 0.717) is 0 Å². The van der Waals surface area contributed by atoms with Gasteiger partial charge in [0.15, 0.2) is 0 Å². The molecular formula is C34H44P2. The topological polar surface area (TPSA) is 0 Å². The highest BCUT2D eigenvalue weighted by molar-refractivity contribution is 7.34. The van der Waals surface area contributed by atoms with Crippen LogP contribution in [0.3, 0.4) is 0 Å².